The molecule has 2 fully saturated rings. The molecule has 0 bridgehead atoms. The summed E-state index contributed by atoms with van der Waals surface area (Å²) in [4.78, 5) is 0. The predicted molar refractivity (Wildman–Crippen MR) is 92.5 cm³/mol. The minimum atomic E-state index is -0.395. The maximum atomic E-state index is 10.5. The Labute approximate surface area is 135 Å². The van der Waals surface area contributed by atoms with Crippen LogP contribution in [0, 0.1) is 22.7 Å². The van der Waals surface area contributed by atoms with Crippen LogP contribution >= 0.6 is 0 Å². The molecule has 0 aromatic carbocycles. The van der Waals surface area contributed by atoms with Crippen LogP contribution in [0.5, 0.6) is 0 Å². The fourth-order valence-electron chi connectivity index (χ4n) is 5.02. The van der Waals surface area contributed by atoms with Gasteiger partial charge in [-0.25, -0.2) is 0 Å². The molecule has 2 aliphatic carbocycles. The molecule has 2 saturated carbocycles. The van der Waals surface area contributed by atoms with Gasteiger partial charge < -0.3 is 10.2 Å². The molecule has 0 aliphatic heterocycles. The van der Waals surface area contributed by atoms with Crippen molar-refractivity contribution in [3.05, 3.63) is 36.5 Å². The summed E-state index contributed by atoms with van der Waals surface area (Å²) in [7, 11) is 0. The van der Waals surface area contributed by atoms with E-state index >= 15 is 0 Å². The molecule has 0 amide bonds. The van der Waals surface area contributed by atoms with Crippen molar-refractivity contribution < 1.29 is 10.2 Å². The highest BCUT2D eigenvalue weighted by Crippen LogP contribution is 2.61. The Morgan fingerprint density at radius 1 is 1.36 bits per heavy atom. The smallest absolute Gasteiger partial charge is 0.0618 e. The first-order chi connectivity index (χ1) is 10.3. The molecule has 2 aliphatic rings. The summed E-state index contributed by atoms with van der Waals surface area (Å²) in [6.45, 7) is 14.7. The highest BCUT2D eigenvalue weighted by atomic mass is 16.3. The van der Waals surface area contributed by atoms with Gasteiger partial charge in [0.25, 0.3) is 0 Å². The lowest BCUT2D eigenvalue weighted by molar-refractivity contribution is -0.151. The summed E-state index contributed by atoms with van der Waals surface area (Å²) in [6.07, 6.45) is 8.58. The quantitative estimate of drug-likeness (QED) is 0.602. The molecule has 0 unspecified atom stereocenters. The maximum Gasteiger partial charge on any atom is 0.0618 e. The van der Waals surface area contributed by atoms with Gasteiger partial charge in [0.15, 0.2) is 0 Å². The monoisotopic (exact) mass is 304 g/mol. The molecule has 5 atom stereocenters. The van der Waals surface area contributed by atoms with E-state index in [0.29, 0.717) is 11.8 Å². The largest absolute Gasteiger partial charge is 0.396 e. The van der Waals surface area contributed by atoms with Crippen molar-refractivity contribution in [2.45, 2.75) is 59.0 Å². The average Bonchev–Trinajstić information content (AvgIpc) is 2.50. The maximum absolute atomic E-state index is 10.5. The van der Waals surface area contributed by atoms with E-state index in [1.807, 2.05) is 6.08 Å². The van der Waals surface area contributed by atoms with E-state index in [4.69, 9.17) is 0 Å². The molecule has 0 aromatic heterocycles. The topological polar surface area (TPSA) is 40.5 Å². The minimum absolute atomic E-state index is 0.0646. The van der Waals surface area contributed by atoms with Crippen LogP contribution in [0.25, 0.3) is 0 Å². The lowest BCUT2D eigenvalue weighted by Crippen LogP contribution is -2.57. The van der Waals surface area contributed by atoms with Crippen LogP contribution in [0.4, 0.5) is 0 Å². The molecule has 2 heteroatoms. The fraction of sp³-hybridized carbons (Fsp3) is 0.700. The van der Waals surface area contributed by atoms with Gasteiger partial charge in [0, 0.05) is 5.41 Å². The van der Waals surface area contributed by atoms with E-state index in [2.05, 4.69) is 40.0 Å². The van der Waals surface area contributed by atoms with E-state index in [9.17, 15) is 10.2 Å². The van der Waals surface area contributed by atoms with Crippen LogP contribution in [-0.4, -0.2) is 22.9 Å². The minimum Gasteiger partial charge on any atom is -0.396 e. The summed E-state index contributed by atoms with van der Waals surface area (Å²) >= 11 is 0. The second-order valence-electron chi connectivity index (χ2n) is 7.91. The van der Waals surface area contributed by atoms with Crippen LogP contribution < -0.4 is 0 Å². The van der Waals surface area contributed by atoms with Crippen molar-refractivity contribution in [2.24, 2.45) is 22.7 Å². The molecule has 2 rings (SSSR count). The molecule has 22 heavy (non-hydrogen) atoms. The number of fused-ring (bicyclic) bond motifs is 1. The molecule has 0 radical (unpaired) electrons. The Bertz CT molecular complexity index is 478. The summed E-state index contributed by atoms with van der Waals surface area (Å²) in [6, 6.07) is 0. The van der Waals surface area contributed by atoms with Gasteiger partial charge in [-0.2, -0.15) is 0 Å². The Morgan fingerprint density at radius 3 is 2.64 bits per heavy atom. The number of aliphatic hydroxyl groups is 2. The van der Waals surface area contributed by atoms with Crippen molar-refractivity contribution in [1.29, 1.82) is 0 Å². The van der Waals surface area contributed by atoms with Gasteiger partial charge in [-0.3, -0.25) is 0 Å². The predicted octanol–water partition coefficient (Wildman–Crippen LogP) is 4.25. The van der Waals surface area contributed by atoms with Crippen molar-refractivity contribution in [3.63, 3.8) is 0 Å². The molecule has 0 spiro atoms. The van der Waals surface area contributed by atoms with Crippen molar-refractivity contribution in [1.82, 2.24) is 0 Å². The number of hydrogen-bond acceptors (Lipinski definition) is 2. The fourth-order valence-corrected chi connectivity index (χ4v) is 5.02. The van der Waals surface area contributed by atoms with Crippen LogP contribution in [-0.2, 0) is 0 Å². The first kappa shape index (κ1) is 17.5. The summed E-state index contributed by atoms with van der Waals surface area (Å²) in [5, 5.41) is 20.5. The van der Waals surface area contributed by atoms with E-state index in [1.54, 1.807) is 0 Å². The van der Waals surface area contributed by atoms with E-state index in [1.165, 1.54) is 11.1 Å². The van der Waals surface area contributed by atoms with E-state index in [-0.39, 0.29) is 17.4 Å². The first-order valence-corrected chi connectivity index (χ1v) is 8.55. The third-order valence-corrected chi connectivity index (χ3v) is 6.69. The second kappa shape index (κ2) is 6.33. The molecular formula is C20H32O2. The zero-order valence-corrected chi connectivity index (χ0v) is 14.4. The SMILES string of the molecule is C=C/C(C)=C/C[C@@H]1C(=C)CC[C@@H]2[C@@](C)(CO)[C@H](O)CC[C@]21C. The Hall–Kier alpha value is -0.860. The summed E-state index contributed by atoms with van der Waals surface area (Å²) in [5.74, 6) is 0.779. The molecule has 0 saturated heterocycles. The van der Waals surface area contributed by atoms with Crippen LogP contribution in [0.15, 0.2) is 36.5 Å². The highest BCUT2D eigenvalue weighted by molar-refractivity contribution is 5.21. The highest BCUT2D eigenvalue weighted by Gasteiger charge is 2.57. The average molecular weight is 304 g/mol. The van der Waals surface area contributed by atoms with E-state index in [0.717, 1.165) is 32.1 Å². The summed E-state index contributed by atoms with van der Waals surface area (Å²) in [5.41, 5.74) is 2.27. The van der Waals surface area contributed by atoms with Crippen molar-refractivity contribution in [2.75, 3.05) is 6.61 Å². The second-order valence-corrected chi connectivity index (χ2v) is 7.91. The third-order valence-electron chi connectivity index (χ3n) is 6.69. The molecule has 0 aromatic rings. The van der Waals surface area contributed by atoms with Crippen LogP contribution in [0.3, 0.4) is 0 Å². The lowest BCUT2D eigenvalue weighted by atomic mass is 9.46. The lowest BCUT2D eigenvalue weighted by Gasteiger charge is -2.59. The van der Waals surface area contributed by atoms with Crippen molar-refractivity contribution in [3.8, 4) is 0 Å². The van der Waals surface area contributed by atoms with Crippen molar-refractivity contribution >= 4 is 0 Å². The van der Waals surface area contributed by atoms with Gasteiger partial charge in [0.05, 0.1) is 12.7 Å². The van der Waals surface area contributed by atoms with Gasteiger partial charge in [-0.1, -0.05) is 50.3 Å². The molecule has 0 heterocycles. The van der Waals surface area contributed by atoms with Gasteiger partial charge in [0.1, 0.15) is 0 Å². The number of rotatable bonds is 4. The van der Waals surface area contributed by atoms with Gasteiger partial charge in [-0.05, 0) is 56.3 Å². The van der Waals surface area contributed by atoms with E-state index < -0.39 is 6.10 Å². The summed E-state index contributed by atoms with van der Waals surface area (Å²) < 4.78 is 0. The van der Waals surface area contributed by atoms with Gasteiger partial charge in [0.2, 0.25) is 0 Å². The molecule has 2 nitrogen and oxygen atoms in total. The molecule has 124 valence electrons. The third kappa shape index (κ3) is 2.72. The molecular weight excluding hydrogens is 272 g/mol. The standard InChI is InChI=1S/C20H32O2/c1-6-14(2)7-9-16-15(3)8-10-17-19(16,4)12-11-18(22)20(17,5)13-21/h6-7,16-18,21-22H,1,3,8-13H2,2,4-5H3/b14-7+/t16-,17+,18-,19+,20-/m1/s1. The first-order valence-electron chi connectivity index (χ1n) is 8.55. The number of hydrogen-bond donors (Lipinski definition) is 2. The zero-order chi connectivity index (χ0) is 16.5. The van der Waals surface area contributed by atoms with Crippen LogP contribution in [0.2, 0.25) is 0 Å². The van der Waals surface area contributed by atoms with Gasteiger partial charge in [-0.15, -0.1) is 0 Å². The zero-order valence-electron chi connectivity index (χ0n) is 14.4. The van der Waals surface area contributed by atoms with Gasteiger partial charge >= 0.3 is 0 Å². The Morgan fingerprint density at radius 2 is 2.05 bits per heavy atom. The van der Waals surface area contributed by atoms with Crippen LogP contribution in [0.1, 0.15) is 52.9 Å². The normalized spacial score (nSPS) is 42.9. The Balaban J connectivity index is 2.35. The Kier molecular flexibility index (Phi) is 5.03. The molecule has 2 N–H and O–H groups in total. The number of aliphatic hydroxyl groups excluding tert-OH is 2. The number of allylic oxidation sites excluding steroid dienone is 4.